The number of rotatable bonds is 5. The maximum absolute atomic E-state index is 12.2. The van der Waals surface area contributed by atoms with Crippen LogP contribution in [0.3, 0.4) is 0 Å². The summed E-state index contributed by atoms with van der Waals surface area (Å²) >= 11 is 0. The Labute approximate surface area is 125 Å². The summed E-state index contributed by atoms with van der Waals surface area (Å²) < 4.78 is 0. The van der Waals surface area contributed by atoms with E-state index in [2.05, 4.69) is 0 Å². The Kier molecular flexibility index (Phi) is 6.68. The number of hydrogen-bond donors (Lipinski definition) is 2. The molecule has 1 rings (SSSR count). The second-order valence-electron chi connectivity index (χ2n) is 5.47. The van der Waals surface area contributed by atoms with E-state index in [1.54, 1.807) is 36.2 Å². The molecule has 0 fully saturated rings. The molecule has 1 aromatic rings. The molecule has 112 valence electrons. The van der Waals surface area contributed by atoms with Crippen LogP contribution in [-0.4, -0.2) is 36.9 Å². The van der Waals surface area contributed by atoms with Crippen molar-refractivity contribution in [3.05, 3.63) is 35.4 Å². The van der Waals surface area contributed by atoms with Crippen molar-refractivity contribution < 1.29 is 9.59 Å². The van der Waals surface area contributed by atoms with Crippen LogP contribution in [0.4, 0.5) is 0 Å². The molecule has 2 amide bonds. The second-order valence-corrected chi connectivity index (χ2v) is 5.47. The lowest BCUT2D eigenvalue weighted by molar-refractivity contribution is 0.0740. The fourth-order valence-corrected chi connectivity index (χ4v) is 1.78. The highest BCUT2D eigenvalue weighted by Crippen LogP contribution is 2.16. The lowest BCUT2D eigenvalue weighted by Gasteiger charge is -2.29. The summed E-state index contributed by atoms with van der Waals surface area (Å²) in [6.45, 7) is 5.09. The van der Waals surface area contributed by atoms with Gasteiger partial charge in [-0.1, -0.05) is 13.8 Å². The van der Waals surface area contributed by atoms with Gasteiger partial charge in [0.15, 0.2) is 0 Å². The minimum Gasteiger partial charge on any atom is -0.366 e. The smallest absolute Gasteiger partial charge is 0.253 e. The fourth-order valence-electron chi connectivity index (χ4n) is 1.78. The molecule has 0 saturated carbocycles. The van der Waals surface area contributed by atoms with E-state index in [-0.39, 0.29) is 23.7 Å². The Bertz CT molecular complexity index is 472. The average molecular weight is 300 g/mol. The zero-order chi connectivity index (χ0) is 14.6. The van der Waals surface area contributed by atoms with Crippen LogP contribution in [0.2, 0.25) is 0 Å². The van der Waals surface area contributed by atoms with Crippen molar-refractivity contribution in [1.29, 1.82) is 0 Å². The molecule has 6 heteroatoms. The standard InChI is InChI=1S/C14H21N3O2.ClH/c1-14(2,8-15)9-17(3)13(19)11-6-4-10(5-7-11)12(16)18;/h4-7H,8-9,15H2,1-3H3,(H2,16,18);1H. The molecular formula is C14H22ClN3O2. The Balaban J connectivity index is 0.00000361. The van der Waals surface area contributed by atoms with Crippen LogP contribution < -0.4 is 11.5 Å². The van der Waals surface area contributed by atoms with Crippen molar-refractivity contribution in [2.45, 2.75) is 13.8 Å². The van der Waals surface area contributed by atoms with E-state index in [0.29, 0.717) is 24.2 Å². The Morgan fingerprint density at radius 2 is 1.60 bits per heavy atom. The molecule has 0 aromatic heterocycles. The molecule has 0 aliphatic rings. The molecule has 0 atom stereocenters. The van der Waals surface area contributed by atoms with Gasteiger partial charge in [-0.3, -0.25) is 9.59 Å². The quantitative estimate of drug-likeness (QED) is 0.858. The number of carbonyl (C=O) groups excluding carboxylic acids is 2. The number of nitrogens with zero attached hydrogens (tertiary/aromatic N) is 1. The molecule has 0 spiro atoms. The maximum atomic E-state index is 12.2. The predicted octanol–water partition coefficient (Wildman–Crippen LogP) is 1.26. The topological polar surface area (TPSA) is 89.4 Å². The highest BCUT2D eigenvalue weighted by molar-refractivity contribution is 5.97. The van der Waals surface area contributed by atoms with Gasteiger partial charge in [0, 0.05) is 24.7 Å². The summed E-state index contributed by atoms with van der Waals surface area (Å²) in [5, 5.41) is 0. The van der Waals surface area contributed by atoms with Crippen LogP contribution in [0.1, 0.15) is 34.6 Å². The first-order valence-corrected chi connectivity index (χ1v) is 6.12. The lowest BCUT2D eigenvalue weighted by Crippen LogP contribution is -2.39. The molecular weight excluding hydrogens is 278 g/mol. The van der Waals surface area contributed by atoms with E-state index in [1.165, 1.54) is 0 Å². The fraction of sp³-hybridized carbons (Fsp3) is 0.429. The van der Waals surface area contributed by atoms with Gasteiger partial charge in [0.25, 0.3) is 5.91 Å². The van der Waals surface area contributed by atoms with Crippen molar-refractivity contribution in [3.63, 3.8) is 0 Å². The van der Waals surface area contributed by atoms with E-state index < -0.39 is 5.91 Å². The first-order chi connectivity index (χ1) is 8.76. The molecule has 5 nitrogen and oxygen atoms in total. The molecule has 4 N–H and O–H groups in total. The van der Waals surface area contributed by atoms with Crippen LogP contribution in [0, 0.1) is 5.41 Å². The molecule has 0 unspecified atom stereocenters. The SMILES string of the molecule is CN(CC(C)(C)CN)C(=O)c1ccc(C(N)=O)cc1.Cl. The molecule has 0 saturated heterocycles. The third-order valence-electron chi connectivity index (χ3n) is 2.98. The van der Waals surface area contributed by atoms with Gasteiger partial charge in [-0.15, -0.1) is 12.4 Å². The van der Waals surface area contributed by atoms with Crippen molar-refractivity contribution in [2.24, 2.45) is 16.9 Å². The Morgan fingerprint density at radius 3 is 2.00 bits per heavy atom. The van der Waals surface area contributed by atoms with Gasteiger partial charge in [-0.05, 0) is 36.2 Å². The molecule has 0 aliphatic carbocycles. The summed E-state index contributed by atoms with van der Waals surface area (Å²) in [6.07, 6.45) is 0. The summed E-state index contributed by atoms with van der Waals surface area (Å²) in [7, 11) is 1.74. The van der Waals surface area contributed by atoms with Gasteiger partial charge in [-0.2, -0.15) is 0 Å². The molecule has 0 radical (unpaired) electrons. The zero-order valence-corrected chi connectivity index (χ0v) is 12.9. The van der Waals surface area contributed by atoms with Gasteiger partial charge in [0.1, 0.15) is 0 Å². The Morgan fingerprint density at radius 1 is 1.15 bits per heavy atom. The summed E-state index contributed by atoms with van der Waals surface area (Å²) in [6, 6.07) is 6.32. The molecule has 1 aromatic carbocycles. The normalized spacial score (nSPS) is 10.6. The van der Waals surface area contributed by atoms with E-state index in [0.717, 1.165) is 0 Å². The highest BCUT2D eigenvalue weighted by Gasteiger charge is 2.21. The predicted molar refractivity (Wildman–Crippen MR) is 82.0 cm³/mol. The van der Waals surface area contributed by atoms with Gasteiger partial charge in [0.05, 0.1) is 0 Å². The first kappa shape index (κ1) is 18.4. The third kappa shape index (κ3) is 4.83. The number of hydrogen-bond acceptors (Lipinski definition) is 3. The van der Waals surface area contributed by atoms with E-state index in [4.69, 9.17) is 11.5 Å². The van der Waals surface area contributed by atoms with Crippen LogP contribution in [0.15, 0.2) is 24.3 Å². The van der Waals surface area contributed by atoms with Crippen LogP contribution >= 0.6 is 12.4 Å². The molecule has 0 heterocycles. The second kappa shape index (κ2) is 7.26. The highest BCUT2D eigenvalue weighted by atomic mass is 35.5. The van der Waals surface area contributed by atoms with Crippen LogP contribution in [0.5, 0.6) is 0 Å². The molecule has 0 bridgehead atoms. The van der Waals surface area contributed by atoms with Crippen molar-refractivity contribution in [2.75, 3.05) is 20.1 Å². The van der Waals surface area contributed by atoms with E-state index >= 15 is 0 Å². The van der Waals surface area contributed by atoms with E-state index in [1.807, 2.05) is 13.8 Å². The zero-order valence-electron chi connectivity index (χ0n) is 12.1. The number of primary amides is 1. The minimum absolute atomic E-state index is 0. The monoisotopic (exact) mass is 299 g/mol. The van der Waals surface area contributed by atoms with E-state index in [9.17, 15) is 9.59 Å². The summed E-state index contributed by atoms with van der Waals surface area (Å²) in [5.74, 6) is -0.603. The average Bonchev–Trinajstić information content (AvgIpc) is 2.37. The number of amides is 2. The number of carbonyl (C=O) groups is 2. The first-order valence-electron chi connectivity index (χ1n) is 6.12. The third-order valence-corrected chi connectivity index (χ3v) is 2.98. The van der Waals surface area contributed by atoms with Gasteiger partial charge < -0.3 is 16.4 Å². The van der Waals surface area contributed by atoms with Crippen LogP contribution in [0.25, 0.3) is 0 Å². The minimum atomic E-state index is -0.503. The number of nitrogens with two attached hydrogens (primary N) is 2. The van der Waals surface area contributed by atoms with Crippen molar-refractivity contribution in [1.82, 2.24) is 4.90 Å². The largest absolute Gasteiger partial charge is 0.366 e. The van der Waals surface area contributed by atoms with Gasteiger partial charge in [-0.25, -0.2) is 0 Å². The number of halogens is 1. The lowest BCUT2D eigenvalue weighted by atomic mass is 9.93. The van der Waals surface area contributed by atoms with Crippen molar-refractivity contribution >= 4 is 24.2 Å². The van der Waals surface area contributed by atoms with Crippen molar-refractivity contribution in [3.8, 4) is 0 Å². The maximum Gasteiger partial charge on any atom is 0.253 e. The Hall–Kier alpha value is -1.59. The molecule has 0 aliphatic heterocycles. The van der Waals surface area contributed by atoms with Gasteiger partial charge >= 0.3 is 0 Å². The molecule has 20 heavy (non-hydrogen) atoms. The number of benzene rings is 1. The van der Waals surface area contributed by atoms with Crippen LogP contribution in [-0.2, 0) is 0 Å². The van der Waals surface area contributed by atoms with Gasteiger partial charge in [0.2, 0.25) is 5.91 Å². The summed E-state index contributed by atoms with van der Waals surface area (Å²) in [5.41, 5.74) is 11.6. The summed E-state index contributed by atoms with van der Waals surface area (Å²) in [4.78, 5) is 24.8.